The molecule has 0 unspecified atom stereocenters. The van der Waals surface area contributed by atoms with E-state index in [0.717, 1.165) is 75.1 Å². The number of carbonyl (C=O) groups excluding carboxylic acids is 2. The average Bonchev–Trinajstić information content (AvgIpc) is 3.35. The van der Waals surface area contributed by atoms with Crippen LogP contribution in [0.5, 0.6) is 23.0 Å². The number of hydrogen-bond donors (Lipinski definition) is 3. The van der Waals surface area contributed by atoms with Gasteiger partial charge in [0, 0.05) is 86.0 Å². The number of hydrogen-bond acceptors (Lipinski definition) is 12. The largest absolute Gasteiger partial charge is 0.497 e. The number of allylic oxidation sites excluding steroid dienone is 4. The molecule has 1 aromatic heterocycles. The van der Waals surface area contributed by atoms with Crippen molar-refractivity contribution >= 4 is 40.7 Å². The van der Waals surface area contributed by atoms with Gasteiger partial charge in [0.2, 0.25) is 6.41 Å². The van der Waals surface area contributed by atoms with Gasteiger partial charge in [-0.25, -0.2) is 0 Å². The molecule has 0 radical (unpaired) electrons. The highest BCUT2D eigenvalue weighted by molar-refractivity contribution is 5.88. The number of primary amides is 1. The van der Waals surface area contributed by atoms with Gasteiger partial charge in [-0.2, -0.15) is 13.2 Å². The number of nitrogens with two attached hydrogens (primary N) is 1. The van der Waals surface area contributed by atoms with Crippen molar-refractivity contribution in [3.8, 4) is 23.0 Å². The summed E-state index contributed by atoms with van der Waals surface area (Å²) in [5, 5.41) is 7.04. The first-order chi connectivity index (χ1) is 32.7. The molecule has 1 amide bonds. The van der Waals surface area contributed by atoms with Crippen LogP contribution in [0.1, 0.15) is 72.8 Å². The molecule has 2 aliphatic heterocycles. The molecule has 68 heavy (non-hydrogen) atoms. The molecule has 0 atom stereocenters. The molecule has 2 aliphatic rings. The Morgan fingerprint density at radius 1 is 0.912 bits per heavy atom. The summed E-state index contributed by atoms with van der Waals surface area (Å²) in [7, 11) is 6.70. The van der Waals surface area contributed by atoms with E-state index in [2.05, 4.69) is 46.7 Å². The second kappa shape index (κ2) is 31.0. The van der Waals surface area contributed by atoms with Crippen molar-refractivity contribution < 1.29 is 46.4 Å². The summed E-state index contributed by atoms with van der Waals surface area (Å²) in [6, 6.07) is 17.1. The SMILES string of the molecule is C=C(C)/C(C)=C\C(OC)=C(/C)CC.CC.CNC1CCN(c2ccc(Nc3cccc(Oc4ccnc5cc(OC)c(OC)cc45)c3)cc2C(F)(F)F)CC1.NC=O.O=CCCN1CCOCC1. The van der Waals surface area contributed by atoms with Gasteiger partial charge in [0.25, 0.3) is 0 Å². The highest BCUT2D eigenvalue weighted by Gasteiger charge is 2.36. The maximum Gasteiger partial charge on any atom is 0.418 e. The van der Waals surface area contributed by atoms with Gasteiger partial charge in [-0.15, -0.1) is 0 Å². The van der Waals surface area contributed by atoms with Gasteiger partial charge in [0.15, 0.2) is 11.5 Å². The fraction of sp³-hybridized carbons (Fsp3) is 0.442. The quantitative estimate of drug-likeness (QED) is 0.0591. The van der Waals surface area contributed by atoms with E-state index < -0.39 is 11.7 Å². The predicted octanol–water partition coefficient (Wildman–Crippen LogP) is 10.9. The van der Waals surface area contributed by atoms with Crippen LogP contribution in [0.4, 0.5) is 30.2 Å². The molecule has 4 N–H and O–H groups in total. The number of aromatic nitrogens is 1. The Labute approximate surface area is 401 Å². The number of morpholine rings is 1. The monoisotopic (exact) mass is 951 g/mol. The van der Waals surface area contributed by atoms with E-state index in [9.17, 15) is 18.0 Å². The smallest absolute Gasteiger partial charge is 0.418 e. The lowest BCUT2D eigenvalue weighted by atomic mass is 10.0. The van der Waals surface area contributed by atoms with Crippen molar-refractivity contribution in [3.05, 3.63) is 108 Å². The van der Waals surface area contributed by atoms with Crippen LogP contribution in [-0.4, -0.2) is 103 Å². The Bertz CT molecular complexity index is 2220. The third-order valence-corrected chi connectivity index (χ3v) is 11.0. The maximum atomic E-state index is 14.1. The number of benzene rings is 3. The number of pyridine rings is 1. The number of carbonyl (C=O) groups is 2. The Kier molecular flexibility index (Phi) is 26.5. The molecule has 16 heteroatoms. The Morgan fingerprint density at radius 3 is 2.10 bits per heavy atom. The van der Waals surface area contributed by atoms with Crippen LogP contribution in [-0.2, 0) is 25.2 Å². The summed E-state index contributed by atoms with van der Waals surface area (Å²) in [6.07, 6.45) is 3.68. The van der Waals surface area contributed by atoms with E-state index >= 15 is 0 Å². The molecule has 374 valence electrons. The second-order valence-electron chi connectivity index (χ2n) is 15.4. The summed E-state index contributed by atoms with van der Waals surface area (Å²) in [6.45, 7) is 21.8. The van der Waals surface area contributed by atoms with Gasteiger partial charge in [-0.1, -0.05) is 39.0 Å². The predicted molar refractivity (Wildman–Crippen MR) is 268 cm³/mol. The number of nitrogens with one attached hydrogen (secondary N) is 2. The van der Waals surface area contributed by atoms with Crippen molar-refractivity contribution in [1.82, 2.24) is 15.2 Å². The number of alkyl halides is 3. The summed E-state index contributed by atoms with van der Waals surface area (Å²) in [5.41, 5.74) is 8.84. The van der Waals surface area contributed by atoms with Gasteiger partial charge in [0.1, 0.15) is 23.5 Å². The lowest BCUT2D eigenvalue weighted by molar-refractivity contribution is -0.137. The number of methoxy groups -OCH3 is 3. The first-order valence-electron chi connectivity index (χ1n) is 22.8. The standard InChI is InChI=1S/C30H31F3N4O3.C12H20O.C7H13NO2.C2H6.CH3NO/c1-34-19-10-13-37(14-11-19)26-8-7-21(16-24(26)30(31,32)33)36-20-5-4-6-22(15-20)40-27-9-12-35-25-18-29(39-3)28(38-2)17-23(25)27;1-7-10(4)12(13-6)8-11(5)9(2)3;9-5-1-2-8-3-6-10-7-4-8;1-2;2-1-3/h4-9,12,15-19,34,36H,10-11,13-14H2,1-3H3;8H,2,7H2,1,3-6H3;5H,1-4,6-7H2;1-2H3;1H,(H2,2,3)/b;11-8-,12-10-;;;. The fourth-order valence-electron chi connectivity index (χ4n) is 6.90. The van der Waals surface area contributed by atoms with Gasteiger partial charge in [0.05, 0.1) is 45.6 Å². The Morgan fingerprint density at radius 2 is 1.54 bits per heavy atom. The third-order valence-electron chi connectivity index (χ3n) is 11.0. The third kappa shape index (κ3) is 18.9. The summed E-state index contributed by atoms with van der Waals surface area (Å²) in [5.74, 6) is 3.11. The minimum atomic E-state index is -4.48. The Balaban J connectivity index is 0.000000462. The highest BCUT2D eigenvalue weighted by atomic mass is 19.4. The topological polar surface area (TPSA) is 150 Å². The fourth-order valence-corrected chi connectivity index (χ4v) is 6.90. The van der Waals surface area contributed by atoms with Crippen LogP contribution in [0.15, 0.2) is 102 Å². The molecule has 2 saturated heterocycles. The van der Waals surface area contributed by atoms with Gasteiger partial charge in [-0.3, -0.25) is 14.7 Å². The number of amides is 1. The number of piperidine rings is 1. The number of halogens is 3. The summed E-state index contributed by atoms with van der Waals surface area (Å²) in [4.78, 5) is 27.0. The van der Waals surface area contributed by atoms with Gasteiger partial charge >= 0.3 is 6.18 Å². The first-order valence-corrected chi connectivity index (χ1v) is 22.8. The van der Waals surface area contributed by atoms with Crippen molar-refractivity contribution in [3.63, 3.8) is 0 Å². The van der Waals surface area contributed by atoms with Crippen LogP contribution in [0.25, 0.3) is 10.9 Å². The van der Waals surface area contributed by atoms with Crippen LogP contribution in [0.3, 0.4) is 0 Å². The molecular weight excluding hydrogens is 878 g/mol. The molecule has 0 saturated carbocycles. The molecular formula is C52H73F3N6O7. The van der Waals surface area contributed by atoms with Crippen molar-refractivity contribution in [2.75, 3.05) is 84.5 Å². The zero-order valence-electron chi connectivity index (χ0n) is 41.6. The van der Waals surface area contributed by atoms with Gasteiger partial charge < -0.3 is 49.7 Å². The lowest BCUT2D eigenvalue weighted by Crippen LogP contribution is -2.41. The zero-order chi connectivity index (χ0) is 50.6. The van der Waals surface area contributed by atoms with E-state index in [1.165, 1.54) is 17.2 Å². The second-order valence-corrected chi connectivity index (χ2v) is 15.4. The molecule has 3 aromatic carbocycles. The lowest BCUT2D eigenvalue weighted by Gasteiger charge is -2.35. The van der Waals surface area contributed by atoms with Crippen LogP contribution < -0.4 is 35.5 Å². The number of anilines is 3. The van der Waals surface area contributed by atoms with Crippen LogP contribution in [0, 0.1) is 0 Å². The van der Waals surface area contributed by atoms with Crippen molar-refractivity contribution in [2.45, 2.75) is 79.4 Å². The molecule has 3 heterocycles. The normalized spacial score (nSPS) is 14.4. The number of aldehydes is 1. The van der Waals surface area contributed by atoms with E-state index in [0.29, 0.717) is 65.4 Å². The Hall–Kier alpha value is -6.10. The molecule has 6 rings (SSSR count). The summed E-state index contributed by atoms with van der Waals surface area (Å²) >= 11 is 0. The summed E-state index contributed by atoms with van der Waals surface area (Å²) < 4.78 is 69.7. The number of fused-ring (bicyclic) bond motifs is 1. The maximum absolute atomic E-state index is 14.1. The average molecular weight is 951 g/mol. The van der Waals surface area contributed by atoms with E-state index in [1.807, 2.05) is 45.7 Å². The van der Waals surface area contributed by atoms with Crippen molar-refractivity contribution in [1.29, 1.82) is 0 Å². The molecule has 0 spiro atoms. The van der Waals surface area contributed by atoms with Gasteiger partial charge in [-0.05, 0) is 107 Å². The van der Waals surface area contributed by atoms with Crippen LogP contribution >= 0.6 is 0 Å². The number of ether oxygens (including phenoxy) is 5. The molecule has 0 aliphatic carbocycles. The first kappa shape index (κ1) is 58.0. The van der Waals surface area contributed by atoms with Crippen molar-refractivity contribution in [2.24, 2.45) is 5.73 Å². The molecule has 0 bridgehead atoms. The number of nitrogens with zero attached hydrogens (tertiary/aromatic N) is 3. The molecule has 13 nitrogen and oxygen atoms in total. The van der Waals surface area contributed by atoms with E-state index in [4.69, 9.17) is 28.5 Å². The highest BCUT2D eigenvalue weighted by Crippen LogP contribution is 2.41. The molecule has 4 aromatic rings. The van der Waals surface area contributed by atoms with E-state index in [1.54, 1.807) is 82.1 Å². The minimum Gasteiger partial charge on any atom is -0.497 e. The molecule has 2 fully saturated rings. The number of rotatable bonds is 15. The van der Waals surface area contributed by atoms with Crippen LogP contribution in [0.2, 0.25) is 0 Å². The zero-order valence-corrected chi connectivity index (χ0v) is 41.6. The van der Waals surface area contributed by atoms with E-state index in [-0.39, 0.29) is 12.1 Å². The minimum absolute atomic E-state index is 0.210.